The van der Waals surface area contributed by atoms with Crippen molar-refractivity contribution < 1.29 is 15.0 Å². The molecule has 0 aromatic carbocycles. The largest absolute Gasteiger partial charge is 0.481 e. The van der Waals surface area contributed by atoms with Gasteiger partial charge in [-0.1, -0.05) is 12.1 Å². The minimum atomic E-state index is -0.855. The highest BCUT2D eigenvalue weighted by Crippen LogP contribution is 2.22. The third kappa shape index (κ3) is 6.85. The smallest absolute Gasteiger partial charge is 0.304 e. The fourth-order valence-corrected chi connectivity index (χ4v) is 2.34. The van der Waals surface area contributed by atoms with Crippen molar-refractivity contribution in [3.63, 3.8) is 0 Å². The molecule has 6 heteroatoms. The van der Waals surface area contributed by atoms with Gasteiger partial charge in [0.15, 0.2) is 0 Å². The van der Waals surface area contributed by atoms with E-state index in [0.29, 0.717) is 6.42 Å². The minimum Gasteiger partial charge on any atom is -0.481 e. The van der Waals surface area contributed by atoms with Gasteiger partial charge in [0.25, 0.3) is 0 Å². The number of carboxylic acids is 1. The van der Waals surface area contributed by atoms with E-state index in [4.69, 9.17) is 10.2 Å². The Kier molecular flexibility index (Phi) is 7.41. The molecule has 0 aromatic heterocycles. The summed E-state index contributed by atoms with van der Waals surface area (Å²) in [6, 6.07) is 0. The first kappa shape index (κ1) is 13.4. The van der Waals surface area contributed by atoms with Gasteiger partial charge in [-0.05, 0) is 6.42 Å². The van der Waals surface area contributed by atoms with Gasteiger partial charge in [0.1, 0.15) is 0 Å². The molecule has 2 atom stereocenters. The second-order valence-corrected chi connectivity index (χ2v) is 4.73. The van der Waals surface area contributed by atoms with Crippen LogP contribution in [-0.4, -0.2) is 39.8 Å². The van der Waals surface area contributed by atoms with Gasteiger partial charge in [-0.25, -0.2) is 0 Å². The molecule has 0 aliphatic rings. The lowest BCUT2D eigenvalue weighted by atomic mass is 10.3. The van der Waals surface area contributed by atoms with Crippen LogP contribution < -0.4 is 0 Å². The summed E-state index contributed by atoms with van der Waals surface area (Å²) in [7, 11) is 0. The molecular formula is C8H15NO4S. The Balaban J connectivity index is 3.87. The zero-order chi connectivity index (χ0) is 11.0. The maximum absolute atomic E-state index is 10.4. The van der Waals surface area contributed by atoms with Crippen LogP contribution in [0.25, 0.3) is 0 Å². The molecule has 82 valence electrons. The number of carbonyl (C=O) groups is 1. The second kappa shape index (κ2) is 7.75. The van der Waals surface area contributed by atoms with Crippen molar-refractivity contribution >= 4 is 17.7 Å². The van der Waals surface area contributed by atoms with E-state index in [1.165, 1.54) is 11.8 Å². The van der Waals surface area contributed by atoms with Gasteiger partial charge in [-0.2, -0.15) is 16.7 Å². The highest BCUT2D eigenvalue weighted by Gasteiger charge is 2.15. The number of aliphatic hydroxyl groups excluding tert-OH is 1. The molecule has 2 unspecified atom stereocenters. The summed E-state index contributed by atoms with van der Waals surface area (Å²) in [4.78, 5) is 20.4. The van der Waals surface area contributed by atoms with Crippen molar-refractivity contribution in [2.75, 3.05) is 13.2 Å². The van der Waals surface area contributed by atoms with Crippen molar-refractivity contribution in [1.82, 2.24) is 0 Å². The van der Waals surface area contributed by atoms with Crippen molar-refractivity contribution in [2.24, 2.45) is 5.18 Å². The maximum Gasteiger partial charge on any atom is 0.304 e. The molecule has 0 saturated carbocycles. The van der Waals surface area contributed by atoms with Gasteiger partial charge >= 0.3 is 5.97 Å². The first-order chi connectivity index (χ1) is 6.60. The van der Waals surface area contributed by atoms with Crippen LogP contribution in [0.2, 0.25) is 0 Å². The Bertz CT molecular complexity index is 188. The molecule has 14 heavy (non-hydrogen) atoms. The lowest BCUT2D eigenvalue weighted by Gasteiger charge is -2.15. The van der Waals surface area contributed by atoms with Crippen LogP contribution in [0.5, 0.6) is 0 Å². The predicted octanol–water partition coefficient (Wildman–Crippen LogP) is 1.10. The highest BCUT2D eigenvalue weighted by atomic mass is 32.2. The summed E-state index contributed by atoms with van der Waals surface area (Å²) in [5.74, 6) is -0.855. The molecule has 0 amide bonds. The van der Waals surface area contributed by atoms with Gasteiger partial charge < -0.3 is 10.2 Å². The molecule has 0 aliphatic carbocycles. The van der Waals surface area contributed by atoms with Crippen molar-refractivity contribution in [1.29, 1.82) is 0 Å². The van der Waals surface area contributed by atoms with Gasteiger partial charge in [-0.15, -0.1) is 0 Å². The Morgan fingerprint density at radius 2 is 2.21 bits per heavy atom. The minimum absolute atomic E-state index is 0.00697. The lowest BCUT2D eigenvalue weighted by molar-refractivity contribution is -0.136. The molecule has 0 bridgehead atoms. The van der Waals surface area contributed by atoms with Crippen LogP contribution >= 0.6 is 11.8 Å². The van der Waals surface area contributed by atoms with Crippen LogP contribution in [0.15, 0.2) is 5.18 Å². The summed E-state index contributed by atoms with van der Waals surface area (Å²) >= 11 is 1.39. The van der Waals surface area contributed by atoms with Crippen LogP contribution in [0.3, 0.4) is 0 Å². The second-order valence-electron chi connectivity index (χ2n) is 2.99. The van der Waals surface area contributed by atoms with E-state index >= 15 is 0 Å². The Morgan fingerprint density at radius 1 is 1.57 bits per heavy atom. The number of rotatable bonds is 8. The quantitative estimate of drug-likeness (QED) is 0.599. The van der Waals surface area contributed by atoms with E-state index in [1.54, 1.807) is 6.92 Å². The van der Waals surface area contributed by atoms with Crippen LogP contribution in [0, 0.1) is 4.91 Å². The normalized spacial score (nSPS) is 14.7. The average Bonchev–Trinajstić information content (AvgIpc) is 2.03. The number of hydrogen-bond acceptors (Lipinski definition) is 5. The number of nitroso groups, excluding NO2 is 1. The number of hydrogen-bond donors (Lipinski definition) is 2. The molecular weight excluding hydrogens is 206 g/mol. The number of aliphatic hydroxyl groups is 1. The molecule has 0 heterocycles. The molecule has 5 nitrogen and oxygen atoms in total. The van der Waals surface area contributed by atoms with Crippen LogP contribution in [0.4, 0.5) is 0 Å². The van der Waals surface area contributed by atoms with Crippen molar-refractivity contribution in [3.8, 4) is 0 Å². The topological polar surface area (TPSA) is 87.0 Å². The zero-order valence-electron chi connectivity index (χ0n) is 8.05. The molecule has 0 fully saturated rings. The monoisotopic (exact) mass is 221 g/mol. The van der Waals surface area contributed by atoms with Crippen LogP contribution in [-0.2, 0) is 4.79 Å². The summed E-state index contributed by atoms with van der Waals surface area (Å²) in [6.07, 6.45) is 0.534. The summed E-state index contributed by atoms with van der Waals surface area (Å²) in [5, 5.41) is 19.8. The standard InChI is InChI=1S/C8H15NO4S/c1-6(4-8(11)12)14-7(2-3-10)5-9-13/h6-7,10H,2-5H2,1H3,(H,11,12). The molecule has 0 radical (unpaired) electrons. The SMILES string of the molecule is CC(CC(=O)O)SC(CCO)CN=O. The van der Waals surface area contributed by atoms with Crippen LogP contribution in [0.1, 0.15) is 19.8 Å². The Hall–Kier alpha value is -0.620. The average molecular weight is 221 g/mol. The fourth-order valence-electron chi connectivity index (χ4n) is 1.05. The molecule has 0 rings (SSSR count). The maximum atomic E-state index is 10.4. The van der Waals surface area contributed by atoms with E-state index in [-0.39, 0.29) is 30.1 Å². The van der Waals surface area contributed by atoms with E-state index in [0.717, 1.165) is 0 Å². The van der Waals surface area contributed by atoms with Crippen molar-refractivity contribution in [2.45, 2.75) is 30.3 Å². The number of nitrogens with zero attached hydrogens (tertiary/aromatic N) is 1. The molecule has 2 N–H and O–H groups in total. The third-order valence-corrected chi connectivity index (χ3v) is 3.02. The van der Waals surface area contributed by atoms with E-state index in [2.05, 4.69) is 5.18 Å². The number of aliphatic carboxylic acids is 1. The van der Waals surface area contributed by atoms with Gasteiger partial charge in [-0.3, -0.25) is 4.79 Å². The van der Waals surface area contributed by atoms with Gasteiger partial charge in [0.2, 0.25) is 0 Å². The molecule has 0 aliphatic heterocycles. The Labute approximate surface area is 86.9 Å². The number of carboxylic acid groups (broad SMARTS) is 1. The van der Waals surface area contributed by atoms with E-state index < -0.39 is 5.97 Å². The van der Waals surface area contributed by atoms with Crippen molar-refractivity contribution in [3.05, 3.63) is 4.91 Å². The lowest BCUT2D eigenvalue weighted by Crippen LogP contribution is -2.15. The first-order valence-electron chi connectivity index (χ1n) is 4.37. The summed E-state index contributed by atoms with van der Waals surface area (Å²) in [5.41, 5.74) is 0. The highest BCUT2D eigenvalue weighted by molar-refractivity contribution is 8.00. The molecule has 0 saturated heterocycles. The molecule has 0 aromatic rings. The summed E-state index contributed by atoms with van der Waals surface area (Å²) < 4.78 is 0. The number of thioether (sulfide) groups is 1. The van der Waals surface area contributed by atoms with Gasteiger partial charge in [0, 0.05) is 17.1 Å². The Morgan fingerprint density at radius 3 is 2.64 bits per heavy atom. The van der Waals surface area contributed by atoms with E-state index in [9.17, 15) is 9.70 Å². The first-order valence-corrected chi connectivity index (χ1v) is 5.31. The van der Waals surface area contributed by atoms with Gasteiger partial charge in [0.05, 0.1) is 13.0 Å². The summed E-state index contributed by atoms with van der Waals surface area (Å²) in [6.45, 7) is 1.90. The predicted molar refractivity (Wildman–Crippen MR) is 55.5 cm³/mol. The zero-order valence-corrected chi connectivity index (χ0v) is 8.87. The molecule has 0 spiro atoms. The van der Waals surface area contributed by atoms with E-state index in [1.807, 2.05) is 0 Å². The fraction of sp³-hybridized carbons (Fsp3) is 0.875. The third-order valence-electron chi connectivity index (χ3n) is 1.62.